The standard InChI is InChI=1S/C23H26N4OS2/c1-6-27(7-2)16-12-13-17(15(3)14-16)24-23-26(5)21(28)20(30-23)22-25(4)18-10-8-9-11-19(18)29-22/h8-14H,6-7H2,1-5H3. The zero-order chi connectivity index (χ0) is 21.4. The average Bonchev–Trinajstić information content (AvgIpc) is 3.22. The van der Waals surface area contributed by atoms with E-state index in [-0.39, 0.29) is 5.91 Å². The van der Waals surface area contributed by atoms with Crippen molar-refractivity contribution in [3.8, 4) is 0 Å². The van der Waals surface area contributed by atoms with Gasteiger partial charge in [0.2, 0.25) is 0 Å². The minimum atomic E-state index is -0.00156. The largest absolute Gasteiger partial charge is 0.372 e. The Morgan fingerprint density at radius 1 is 1.00 bits per heavy atom. The van der Waals surface area contributed by atoms with Crippen LogP contribution in [-0.4, -0.2) is 43.2 Å². The molecule has 7 heteroatoms. The summed E-state index contributed by atoms with van der Waals surface area (Å²) in [7, 11) is 3.81. The molecule has 0 saturated carbocycles. The molecule has 5 nitrogen and oxygen atoms in total. The molecule has 2 aliphatic rings. The third kappa shape index (κ3) is 3.61. The summed E-state index contributed by atoms with van der Waals surface area (Å²) in [5, 5.41) is 1.68. The normalized spacial score (nSPS) is 19.8. The first kappa shape index (κ1) is 20.9. The number of benzene rings is 2. The minimum absolute atomic E-state index is 0.00156. The van der Waals surface area contributed by atoms with E-state index in [1.807, 2.05) is 25.2 Å². The van der Waals surface area contributed by atoms with Crippen molar-refractivity contribution in [1.29, 1.82) is 0 Å². The van der Waals surface area contributed by atoms with Gasteiger partial charge in [-0.3, -0.25) is 9.69 Å². The molecular weight excluding hydrogens is 412 g/mol. The van der Waals surface area contributed by atoms with Crippen LogP contribution in [0.3, 0.4) is 0 Å². The summed E-state index contributed by atoms with van der Waals surface area (Å²) in [5.74, 6) is -0.00156. The number of hydrogen-bond donors (Lipinski definition) is 0. The van der Waals surface area contributed by atoms with Crippen molar-refractivity contribution in [2.75, 3.05) is 37.0 Å². The zero-order valence-corrected chi connectivity index (χ0v) is 19.6. The predicted molar refractivity (Wildman–Crippen MR) is 130 cm³/mol. The number of rotatable bonds is 4. The summed E-state index contributed by atoms with van der Waals surface area (Å²) in [6.45, 7) is 8.34. The zero-order valence-electron chi connectivity index (χ0n) is 18.0. The monoisotopic (exact) mass is 438 g/mol. The maximum Gasteiger partial charge on any atom is 0.269 e. The van der Waals surface area contributed by atoms with E-state index in [1.54, 1.807) is 23.7 Å². The number of amidine groups is 1. The molecule has 0 unspecified atom stereocenters. The van der Waals surface area contributed by atoms with Crippen LogP contribution in [0.5, 0.6) is 0 Å². The van der Waals surface area contributed by atoms with Crippen LogP contribution in [0, 0.1) is 6.92 Å². The number of amides is 1. The second-order valence-electron chi connectivity index (χ2n) is 7.27. The molecule has 0 aliphatic carbocycles. The molecule has 2 aliphatic heterocycles. The third-order valence-electron chi connectivity index (χ3n) is 5.44. The first-order chi connectivity index (χ1) is 14.4. The number of aryl methyl sites for hydroxylation is 1. The number of likely N-dealkylation sites (N-methyl/N-ethyl adjacent to an activating group) is 1. The second kappa shape index (κ2) is 8.40. The van der Waals surface area contributed by atoms with Crippen molar-refractivity contribution >= 4 is 51.7 Å². The van der Waals surface area contributed by atoms with Crippen LogP contribution in [-0.2, 0) is 4.79 Å². The van der Waals surface area contributed by atoms with Gasteiger partial charge < -0.3 is 9.80 Å². The summed E-state index contributed by atoms with van der Waals surface area (Å²) in [5.41, 5.74) is 4.34. The van der Waals surface area contributed by atoms with Crippen molar-refractivity contribution in [3.63, 3.8) is 0 Å². The average molecular weight is 439 g/mol. The van der Waals surface area contributed by atoms with E-state index in [1.165, 1.54) is 22.3 Å². The van der Waals surface area contributed by atoms with Gasteiger partial charge in [-0.2, -0.15) is 0 Å². The van der Waals surface area contributed by atoms with Crippen molar-refractivity contribution < 1.29 is 4.79 Å². The SMILES string of the molecule is CCN(CC)c1ccc(N=C2SC(=C3Sc4ccccc4N3C)C(=O)N2C)c(C)c1. The van der Waals surface area contributed by atoms with Crippen LogP contribution in [0.1, 0.15) is 19.4 Å². The van der Waals surface area contributed by atoms with Gasteiger partial charge in [-0.05, 0) is 68.4 Å². The highest BCUT2D eigenvalue weighted by Crippen LogP contribution is 2.49. The van der Waals surface area contributed by atoms with E-state index < -0.39 is 0 Å². The number of para-hydroxylation sites is 1. The highest BCUT2D eigenvalue weighted by Gasteiger charge is 2.37. The topological polar surface area (TPSA) is 39.1 Å². The first-order valence-electron chi connectivity index (χ1n) is 10.1. The fourth-order valence-electron chi connectivity index (χ4n) is 3.63. The summed E-state index contributed by atoms with van der Waals surface area (Å²) >= 11 is 3.10. The lowest BCUT2D eigenvalue weighted by molar-refractivity contribution is -0.121. The second-order valence-corrected chi connectivity index (χ2v) is 9.27. The fourth-order valence-corrected chi connectivity index (χ4v) is 5.96. The van der Waals surface area contributed by atoms with Crippen molar-refractivity contribution in [3.05, 3.63) is 58.0 Å². The summed E-state index contributed by atoms with van der Waals surface area (Å²) < 4.78 is 0. The fraction of sp³-hybridized carbons (Fsp3) is 0.304. The Hall–Kier alpha value is -2.38. The number of aliphatic imine (C=N–C) groups is 1. The number of nitrogens with zero attached hydrogens (tertiary/aromatic N) is 4. The van der Waals surface area contributed by atoms with Crippen LogP contribution in [0.25, 0.3) is 0 Å². The molecule has 0 bridgehead atoms. The Labute approximate surface area is 186 Å². The molecule has 0 N–H and O–H groups in total. The third-order valence-corrected chi connectivity index (χ3v) is 7.92. The van der Waals surface area contributed by atoms with E-state index in [4.69, 9.17) is 4.99 Å². The Morgan fingerprint density at radius 3 is 2.40 bits per heavy atom. The summed E-state index contributed by atoms with van der Waals surface area (Å²) in [4.78, 5) is 25.8. The molecule has 2 heterocycles. The van der Waals surface area contributed by atoms with Gasteiger partial charge >= 0.3 is 0 Å². The highest BCUT2D eigenvalue weighted by atomic mass is 32.2. The van der Waals surface area contributed by atoms with Gasteiger partial charge in [0.15, 0.2) is 5.17 Å². The Morgan fingerprint density at radius 2 is 1.73 bits per heavy atom. The Bertz CT molecular complexity index is 1060. The summed E-state index contributed by atoms with van der Waals surface area (Å²) in [6.07, 6.45) is 0. The van der Waals surface area contributed by atoms with Crippen LogP contribution in [0.4, 0.5) is 17.1 Å². The first-order valence-corrected chi connectivity index (χ1v) is 11.7. The van der Waals surface area contributed by atoms with Crippen LogP contribution in [0.2, 0.25) is 0 Å². The van der Waals surface area contributed by atoms with Crippen LogP contribution in [0.15, 0.2) is 62.3 Å². The highest BCUT2D eigenvalue weighted by molar-refractivity contribution is 8.19. The van der Waals surface area contributed by atoms with Crippen LogP contribution >= 0.6 is 23.5 Å². The van der Waals surface area contributed by atoms with Crippen molar-refractivity contribution in [2.24, 2.45) is 4.99 Å². The molecular formula is C23H26N4OS2. The number of thioether (sulfide) groups is 2. The molecule has 30 heavy (non-hydrogen) atoms. The lowest BCUT2D eigenvalue weighted by atomic mass is 10.1. The Kier molecular flexibility index (Phi) is 5.84. The molecule has 2 aromatic carbocycles. The van der Waals surface area contributed by atoms with Gasteiger partial charge in [0, 0.05) is 37.8 Å². The van der Waals surface area contributed by atoms with Gasteiger partial charge in [-0.25, -0.2) is 4.99 Å². The number of hydrogen-bond acceptors (Lipinski definition) is 6. The number of carbonyl (C=O) groups excluding carboxylic acids is 1. The van der Waals surface area contributed by atoms with Gasteiger partial charge in [0.05, 0.1) is 16.4 Å². The predicted octanol–water partition coefficient (Wildman–Crippen LogP) is 5.45. The number of fused-ring (bicyclic) bond motifs is 1. The maximum absolute atomic E-state index is 13.0. The molecule has 0 radical (unpaired) electrons. The minimum Gasteiger partial charge on any atom is -0.372 e. The lowest BCUT2D eigenvalue weighted by Gasteiger charge is -2.21. The molecule has 1 amide bonds. The van der Waals surface area contributed by atoms with Gasteiger partial charge in [0.25, 0.3) is 5.91 Å². The van der Waals surface area contributed by atoms with Gasteiger partial charge in [-0.15, -0.1) is 0 Å². The molecule has 2 aromatic rings. The van der Waals surface area contributed by atoms with Crippen molar-refractivity contribution in [2.45, 2.75) is 25.7 Å². The number of anilines is 2. The molecule has 0 spiro atoms. The maximum atomic E-state index is 13.0. The van der Waals surface area contributed by atoms with E-state index in [2.05, 4.69) is 54.8 Å². The summed E-state index contributed by atoms with van der Waals surface area (Å²) in [6, 6.07) is 14.6. The van der Waals surface area contributed by atoms with E-state index in [0.29, 0.717) is 5.17 Å². The van der Waals surface area contributed by atoms with E-state index in [0.717, 1.165) is 40.0 Å². The Balaban J connectivity index is 1.65. The molecule has 0 aromatic heterocycles. The smallest absolute Gasteiger partial charge is 0.269 e. The molecule has 1 fully saturated rings. The molecule has 156 valence electrons. The van der Waals surface area contributed by atoms with Crippen molar-refractivity contribution in [1.82, 2.24) is 4.90 Å². The molecule has 4 rings (SSSR count). The van der Waals surface area contributed by atoms with Crippen LogP contribution < -0.4 is 9.80 Å². The quantitative estimate of drug-likeness (QED) is 0.594. The van der Waals surface area contributed by atoms with Gasteiger partial charge in [-0.1, -0.05) is 23.9 Å². The molecule has 0 atom stereocenters. The number of carbonyl (C=O) groups is 1. The molecule has 1 saturated heterocycles. The van der Waals surface area contributed by atoms with Gasteiger partial charge in [0.1, 0.15) is 4.91 Å². The lowest BCUT2D eigenvalue weighted by Crippen LogP contribution is -2.25. The van der Waals surface area contributed by atoms with E-state index >= 15 is 0 Å². The van der Waals surface area contributed by atoms with E-state index in [9.17, 15) is 4.79 Å².